The molecular formula is C22H28N8OS. The Labute approximate surface area is 191 Å². The molecule has 4 aromatic heterocycles. The number of imidazole rings is 1. The van der Waals surface area contributed by atoms with Crippen LogP contribution in [0.4, 0.5) is 10.8 Å². The number of likely N-dealkylation sites (tertiary alicyclic amines) is 1. The van der Waals surface area contributed by atoms with Crippen molar-refractivity contribution in [2.45, 2.75) is 45.7 Å². The third-order valence-electron chi connectivity index (χ3n) is 5.84. The summed E-state index contributed by atoms with van der Waals surface area (Å²) in [6.45, 7) is 7.55. The van der Waals surface area contributed by atoms with E-state index in [1.54, 1.807) is 6.20 Å². The molecule has 0 spiro atoms. The quantitative estimate of drug-likeness (QED) is 0.417. The summed E-state index contributed by atoms with van der Waals surface area (Å²) in [7, 11) is 0. The number of nitrogens with zero attached hydrogens (tertiary/aromatic N) is 6. The molecule has 5 rings (SSSR count). The summed E-state index contributed by atoms with van der Waals surface area (Å²) < 4.78 is 12.5. The number of hydrogen-bond acceptors (Lipinski definition) is 8. The molecule has 1 aliphatic heterocycles. The van der Waals surface area contributed by atoms with Crippen molar-refractivity contribution in [3.63, 3.8) is 0 Å². The van der Waals surface area contributed by atoms with Crippen LogP contribution in [-0.2, 0) is 11.3 Å². The number of hydrogen-bond donors (Lipinski definition) is 2. The lowest BCUT2D eigenvalue weighted by atomic mass is 10.0. The highest BCUT2D eigenvalue weighted by Gasteiger charge is 2.23. The second-order valence-electron chi connectivity index (χ2n) is 8.14. The van der Waals surface area contributed by atoms with Crippen LogP contribution in [-0.4, -0.2) is 59.6 Å². The van der Waals surface area contributed by atoms with Gasteiger partial charge in [-0.05, 0) is 50.8 Å². The van der Waals surface area contributed by atoms with Gasteiger partial charge in [0.1, 0.15) is 5.00 Å². The van der Waals surface area contributed by atoms with Crippen molar-refractivity contribution in [1.29, 1.82) is 0 Å². The zero-order chi connectivity index (χ0) is 21.9. The van der Waals surface area contributed by atoms with Crippen molar-refractivity contribution in [1.82, 2.24) is 33.8 Å². The van der Waals surface area contributed by atoms with Crippen molar-refractivity contribution in [3.05, 3.63) is 42.2 Å². The first-order chi connectivity index (χ1) is 15.7. The lowest BCUT2D eigenvalue weighted by Crippen LogP contribution is -2.41. The molecule has 168 valence electrons. The number of H-pyrrole nitrogens is 1. The molecule has 0 bridgehead atoms. The lowest BCUT2D eigenvalue weighted by Gasteiger charge is -2.34. The maximum absolute atomic E-state index is 5.71. The van der Waals surface area contributed by atoms with E-state index in [1.807, 2.05) is 29.9 Å². The molecule has 1 fully saturated rings. The van der Waals surface area contributed by atoms with Gasteiger partial charge in [0, 0.05) is 37.2 Å². The number of rotatable bonds is 8. The Bertz CT molecular complexity index is 1170. The summed E-state index contributed by atoms with van der Waals surface area (Å²) in [5.74, 6) is 0.724. The van der Waals surface area contributed by atoms with Crippen molar-refractivity contribution >= 4 is 28.0 Å². The summed E-state index contributed by atoms with van der Waals surface area (Å²) in [5.41, 5.74) is 4.70. The van der Waals surface area contributed by atoms with Gasteiger partial charge in [-0.1, -0.05) is 6.42 Å². The van der Waals surface area contributed by atoms with Crippen LogP contribution in [0.3, 0.4) is 0 Å². The average molecular weight is 453 g/mol. The number of piperidine rings is 1. The minimum absolute atomic E-state index is 0.478. The van der Waals surface area contributed by atoms with Crippen LogP contribution in [0.15, 0.2) is 30.9 Å². The van der Waals surface area contributed by atoms with Crippen LogP contribution in [0.2, 0.25) is 0 Å². The first-order valence-corrected chi connectivity index (χ1v) is 11.9. The molecule has 0 unspecified atom stereocenters. The fourth-order valence-corrected chi connectivity index (χ4v) is 4.94. The largest absolute Gasteiger partial charge is 0.380 e. The Kier molecular flexibility index (Phi) is 6.15. The van der Waals surface area contributed by atoms with Gasteiger partial charge in [-0.2, -0.15) is 9.47 Å². The zero-order valence-corrected chi connectivity index (χ0v) is 19.2. The molecule has 4 aromatic rings. The van der Waals surface area contributed by atoms with Crippen molar-refractivity contribution in [2.24, 2.45) is 0 Å². The molecule has 0 aliphatic carbocycles. The number of nitrogens with one attached hydrogen (secondary N) is 2. The highest BCUT2D eigenvalue weighted by Crippen LogP contribution is 2.28. The smallest absolute Gasteiger partial charge is 0.180 e. The van der Waals surface area contributed by atoms with E-state index < -0.39 is 0 Å². The Morgan fingerprint density at radius 3 is 3.09 bits per heavy atom. The lowest BCUT2D eigenvalue weighted by molar-refractivity contribution is 0.0409. The average Bonchev–Trinajstić information content (AvgIpc) is 3.54. The highest BCUT2D eigenvalue weighted by atomic mass is 32.1. The van der Waals surface area contributed by atoms with Crippen LogP contribution < -0.4 is 5.32 Å². The second kappa shape index (κ2) is 9.35. The normalized spacial score (nSPS) is 17.2. The van der Waals surface area contributed by atoms with E-state index in [9.17, 15) is 0 Å². The van der Waals surface area contributed by atoms with Crippen molar-refractivity contribution in [3.8, 4) is 11.3 Å². The van der Waals surface area contributed by atoms with Gasteiger partial charge < -0.3 is 10.1 Å². The molecule has 2 N–H and O–H groups in total. The van der Waals surface area contributed by atoms with Gasteiger partial charge in [-0.3, -0.25) is 14.4 Å². The molecule has 0 amide bonds. The number of aryl methyl sites for hydroxylation is 1. The van der Waals surface area contributed by atoms with E-state index >= 15 is 0 Å². The minimum atomic E-state index is 0.478. The predicted molar refractivity (Wildman–Crippen MR) is 125 cm³/mol. The highest BCUT2D eigenvalue weighted by molar-refractivity contribution is 7.10. The van der Waals surface area contributed by atoms with Crippen molar-refractivity contribution < 1.29 is 4.74 Å². The van der Waals surface area contributed by atoms with Gasteiger partial charge in [0.05, 0.1) is 36.1 Å². The third kappa shape index (κ3) is 4.38. The predicted octanol–water partition coefficient (Wildman–Crippen LogP) is 4.02. The molecule has 32 heavy (non-hydrogen) atoms. The number of fused-ring (bicyclic) bond motifs is 1. The topological polar surface area (TPSA) is 96.3 Å². The van der Waals surface area contributed by atoms with Gasteiger partial charge in [0.25, 0.3) is 0 Å². The summed E-state index contributed by atoms with van der Waals surface area (Å²) in [6.07, 6.45) is 11.2. The van der Waals surface area contributed by atoms with Crippen LogP contribution >= 0.6 is 11.5 Å². The fourth-order valence-electron chi connectivity index (χ4n) is 4.28. The molecule has 9 nitrogen and oxygen atoms in total. The number of aromatic amines is 1. The monoisotopic (exact) mass is 452 g/mol. The van der Waals surface area contributed by atoms with Crippen LogP contribution in [0.1, 0.15) is 37.6 Å². The molecule has 0 radical (unpaired) electrons. The van der Waals surface area contributed by atoms with Gasteiger partial charge in [0.2, 0.25) is 0 Å². The molecule has 5 heterocycles. The maximum Gasteiger partial charge on any atom is 0.180 e. The van der Waals surface area contributed by atoms with Crippen LogP contribution in [0.25, 0.3) is 16.9 Å². The molecular weight excluding hydrogens is 424 g/mol. The minimum Gasteiger partial charge on any atom is -0.380 e. The van der Waals surface area contributed by atoms with Crippen LogP contribution in [0, 0.1) is 6.92 Å². The van der Waals surface area contributed by atoms with Crippen LogP contribution in [0.5, 0.6) is 0 Å². The van der Waals surface area contributed by atoms with E-state index in [2.05, 4.69) is 38.4 Å². The Morgan fingerprint density at radius 1 is 1.31 bits per heavy atom. The van der Waals surface area contributed by atoms with Crippen molar-refractivity contribution in [2.75, 3.05) is 25.1 Å². The number of ether oxygens (including phenoxy) is 1. The second-order valence-corrected chi connectivity index (χ2v) is 8.95. The molecule has 0 aromatic carbocycles. The third-order valence-corrected chi connectivity index (χ3v) is 6.58. The summed E-state index contributed by atoms with van der Waals surface area (Å²) in [5, 5.41) is 11.3. The molecule has 1 saturated heterocycles. The Balaban J connectivity index is 1.34. The van der Waals surface area contributed by atoms with Gasteiger partial charge in [-0.15, -0.1) is 0 Å². The van der Waals surface area contributed by atoms with E-state index in [0.717, 1.165) is 65.4 Å². The number of aromatic nitrogens is 6. The Hall–Kier alpha value is -2.82. The standard InChI is InChI=1S/C22H28N8OS/c1-3-31-14-18-6-4-5-7-29(18)13-17-8-20(32-28-17)27-21-22-23-11-19(16-9-24-25-10-16)30(22)12-15(2)26-21/h8-12,18H,3-7,13-14H2,1-2H3,(H,24,25)(H,26,27)/t18-/m1/s1. The zero-order valence-electron chi connectivity index (χ0n) is 18.4. The maximum atomic E-state index is 5.71. The summed E-state index contributed by atoms with van der Waals surface area (Å²) >= 11 is 1.46. The number of anilines is 2. The van der Waals surface area contributed by atoms with Gasteiger partial charge in [-0.25, -0.2) is 9.97 Å². The molecule has 0 saturated carbocycles. The molecule has 10 heteroatoms. The van der Waals surface area contributed by atoms with E-state index in [-0.39, 0.29) is 0 Å². The SMILES string of the molecule is CCOC[C@H]1CCCCN1Cc1cc(Nc2nc(C)cn3c(-c4cn[nH]c4)cnc23)sn1. The van der Waals surface area contributed by atoms with Gasteiger partial charge >= 0.3 is 0 Å². The first-order valence-electron chi connectivity index (χ1n) is 11.1. The molecule has 1 atom stereocenters. The molecule has 1 aliphatic rings. The van der Waals surface area contributed by atoms with E-state index in [1.165, 1.54) is 30.8 Å². The Morgan fingerprint density at radius 2 is 2.25 bits per heavy atom. The first kappa shape index (κ1) is 21.0. The van der Waals surface area contributed by atoms with E-state index in [0.29, 0.717) is 6.04 Å². The van der Waals surface area contributed by atoms with E-state index in [4.69, 9.17) is 14.1 Å². The summed E-state index contributed by atoms with van der Waals surface area (Å²) in [6, 6.07) is 2.60. The summed E-state index contributed by atoms with van der Waals surface area (Å²) in [4.78, 5) is 11.8. The fraction of sp³-hybridized carbons (Fsp3) is 0.455. The van der Waals surface area contributed by atoms with Gasteiger partial charge in [0.15, 0.2) is 11.5 Å².